The lowest BCUT2D eigenvalue weighted by molar-refractivity contribution is 0.199. The molecule has 0 spiro atoms. The molecule has 0 aliphatic heterocycles. The van der Waals surface area contributed by atoms with Crippen molar-refractivity contribution < 1.29 is 9.84 Å². The SMILES string of the molecule is CC(O)c1ccc(-c2ccsc2-c2cc(Br)ccc2OCc2ccccc2)cc1. The normalized spacial score (nSPS) is 12.0. The number of thiophene rings is 1. The van der Waals surface area contributed by atoms with E-state index in [2.05, 4.69) is 57.7 Å². The highest BCUT2D eigenvalue weighted by Crippen LogP contribution is 2.42. The van der Waals surface area contributed by atoms with Gasteiger partial charge in [-0.25, -0.2) is 0 Å². The molecule has 29 heavy (non-hydrogen) atoms. The van der Waals surface area contributed by atoms with E-state index >= 15 is 0 Å². The zero-order valence-electron chi connectivity index (χ0n) is 16.0. The highest BCUT2D eigenvalue weighted by Gasteiger charge is 2.15. The molecular weight excluding hydrogens is 444 g/mol. The maximum Gasteiger partial charge on any atom is 0.128 e. The van der Waals surface area contributed by atoms with Gasteiger partial charge in [0.25, 0.3) is 0 Å². The van der Waals surface area contributed by atoms with Crippen LogP contribution in [0.4, 0.5) is 0 Å². The number of hydrogen-bond donors (Lipinski definition) is 1. The lowest BCUT2D eigenvalue weighted by Gasteiger charge is -2.13. The summed E-state index contributed by atoms with van der Waals surface area (Å²) in [5, 5.41) is 11.9. The average molecular weight is 465 g/mol. The van der Waals surface area contributed by atoms with E-state index < -0.39 is 6.10 Å². The van der Waals surface area contributed by atoms with Crippen LogP contribution < -0.4 is 4.74 Å². The minimum atomic E-state index is -0.464. The third kappa shape index (κ3) is 4.61. The van der Waals surface area contributed by atoms with Crippen LogP contribution in [0.25, 0.3) is 21.6 Å². The topological polar surface area (TPSA) is 29.5 Å². The Bertz CT molecular complexity index is 1090. The van der Waals surface area contributed by atoms with E-state index in [4.69, 9.17) is 4.74 Å². The van der Waals surface area contributed by atoms with Gasteiger partial charge in [-0.15, -0.1) is 11.3 Å². The lowest BCUT2D eigenvalue weighted by atomic mass is 10.00. The summed E-state index contributed by atoms with van der Waals surface area (Å²) in [6.45, 7) is 2.31. The molecule has 146 valence electrons. The predicted molar refractivity (Wildman–Crippen MR) is 124 cm³/mol. The average Bonchev–Trinajstić information content (AvgIpc) is 3.23. The molecule has 4 heteroatoms. The molecule has 0 radical (unpaired) electrons. The highest BCUT2D eigenvalue weighted by atomic mass is 79.9. The lowest BCUT2D eigenvalue weighted by Crippen LogP contribution is -1.97. The number of benzene rings is 3. The molecule has 4 aromatic rings. The van der Waals surface area contributed by atoms with Crippen LogP contribution in [-0.2, 0) is 6.61 Å². The van der Waals surface area contributed by atoms with Crippen molar-refractivity contribution in [3.8, 4) is 27.3 Å². The molecule has 0 saturated heterocycles. The first-order valence-corrected chi connectivity index (χ1v) is 11.1. The van der Waals surface area contributed by atoms with Crippen molar-refractivity contribution in [2.45, 2.75) is 19.6 Å². The van der Waals surface area contributed by atoms with E-state index in [-0.39, 0.29) is 0 Å². The summed E-state index contributed by atoms with van der Waals surface area (Å²) >= 11 is 5.31. The van der Waals surface area contributed by atoms with Crippen molar-refractivity contribution in [3.05, 3.63) is 99.8 Å². The summed E-state index contributed by atoms with van der Waals surface area (Å²) in [5.74, 6) is 0.862. The van der Waals surface area contributed by atoms with E-state index in [1.165, 1.54) is 4.88 Å². The van der Waals surface area contributed by atoms with Gasteiger partial charge in [0.05, 0.1) is 6.10 Å². The van der Waals surface area contributed by atoms with Gasteiger partial charge in [-0.3, -0.25) is 0 Å². The second-order valence-electron chi connectivity index (χ2n) is 6.88. The fourth-order valence-electron chi connectivity index (χ4n) is 3.23. The van der Waals surface area contributed by atoms with Gasteiger partial charge in [0, 0.05) is 20.5 Å². The standard InChI is InChI=1S/C25H21BrO2S/c1-17(27)19-7-9-20(10-8-19)22-13-14-29-25(22)23-15-21(26)11-12-24(23)28-16-18-5-3-2-4-6-18/h2-15,17,27H,16H2,1H3. The van der Waals surface area contributed by atoms with Gasteiger partial charge >= 0.3 is 0 Å². The Kier molecular flexibility index (Phi) is 6.14. The third-order valence-corrected chi connectivity index (χ3v) is 6.23. The molecule has 0 aliphatic carbocycles. The van der Waals surface area contributed by atoms with Gasteiger partial charge < -0.3 is 9.84 Å². The van der Waals surface area contributed by atoms with Crippen molar-refractivity contribution in [3.63, 3.8) is 0 Å². The van der Waals surface area contributed by atoms with E-state index in [0.717, 1.165) is 38.0 Å². The van der Waals surface area contributed by atoms with Gasteiger partial charge in [0.2, 0.25) is 0 Å². The predicted octanol–water partition coefficient (Wildman–Crippen LogP) is 7.48. The minimum absolute atomic E-state index is 0.464. The smallest absolute Gasteiger partial charge is 0.128 e. The second-order valence-corrected chi connectivity index (χ2v) is 8.71. The Morgan fingerprint density at radius 1 is 0.931 bits per heavy atom. The molecule has 1 atom stereocenters. The summed E-state index contributed by atoms with van der Waals surface area (Å²) < 4.78 is 7.21. The van der Waals surface area contributed by atoms with Crippen molar-refractivity contribution in [2.24, 2.45) is 0 Å². The number of aliphatic hydroxyl groups excluding tert-OH is 1. The van der Waals surface area contributed by atoms with Crippen molar-refractivity contribution in [1.82, 2.24) is 0 Å². The molecule has 0 aliphatic rings. The van der Waals surface area contributed by atoms with Crippen LogP contribution >= 0.6 is 27.3 Å². The van der Waals surface area contributed by atoms with Gasteiger partial charge in [0.1, 0.15) is 12.4 Å². The van der Waals surface area contributed by atoms with Crippen LogP contribution in [0.3, 0.4) is 0 Å². The summed E-state index contributed by atoms with van der Waals surface area (Å²) in [7, 11) is 0. The first-order chi connectivity index (χ1) is 14.1. The molecule has 0 bridgehead atoms. The molecule has 1 N–H and O–H groups in total. The maximum absolute atomic E-state index is 9.78. The van der Waals surface area contributed by atoms with Crippen LogP contribution in [-0.4, -0.2) is 5.11 Å². The van der Waals surface area contributed by atoms with Crippen LogP contribution in [0.5, 0.6) is 5.75 Å². The first-order valence-electron chi connectivity index (χ1n) is 9.44. The first kappa shape index (κ1) is 19.9. The number of hydrogen-bond acceptors (Lipinski definition) is 3. The summed E-state index contributed by atoms with van der Waals surface area (Å²) in [5.41, 5.74) is 5.41. The molecule has 3 aromatic carbocycles. The largest absolute Gasteiger partial charge is 0.488 e. The minimum Gasteiger partial charge on any atom is -0.488 e. The zero-order chi connectivity index (χ0) is 20.2. The maximum atomic E-state index is 9.78. The summed E-state index contributed by atoms with van der Waals surface area (Å²) in [6, 6.07) is 26.6. The molecule has 0 amide bonds. The molecule has 0 saturated carbocycles. The van der Waals surface area contributed by atoms with Crippen molar-refractivity contribution in [2.75, 3.05) is 0 Å². The van der Waals surface area contributed by atoms with Crippen LogP contribution in [0.1, 0.15) is 24.2 Å². The van der Waals surface area contributed by atoms with Crippen molar-refractivity contribution >= 4 is 27.3 Å². The Morgan fingerprint density at radius 3 is 2.41 bits per heavy atom. The van der Waals surface area contributed by atoms with E-state index in [1.807, 2.05) is 42.5 Å². The quantitative estimate of drug-likeness (QED) is 0.320. The Balaban J connectivity index is 1.68. The molecular formula is C25H21BrO2S. The van der Waals surface area contributed by atoms with Gasteiger partial charge in [0.15, 0.2) is 0 Å². The fraction of sp³-hybridized carbons (Fsp3) is 0.120. The number of rotatable bonds is 6. The van der Waals surface area contributed by atoms with Crippen LogP contribution in [0.2, 0.25) is 0 Å². The van der Waals surface area contributed by atoms with E-state index in [1.54, 1.807) is 18.3 Å². The van der Waals surface area contributed by atoms with Crippen molar-refractivity contribution in [1.29, 1.82) is 0 Å². The molecule has 0 fully saturated rings. The molecule has 1 aromatic heterocycles. The Morgan fingerprint density at radius 2 is 1.69 bits per heavy atom. The van der Waals surface area contributed by atoms with Crippen LogP contribution in [0, 0.1) is 0 Å². The molecule has 4 rings (SSSR count). The summed E-state index contributed by atoms with van der Waals surface area (Å²) in [6.07, 6.45) is -0.464. The van der Waals surface area contributed by atoms with Crippen LogP contribution in [0.15, 0.2) is 88.7 Å². The van der Waals surface area contributed by atoms with Gasteiger partial charge in [-0.05, 0) is 53.3 Å². The Labute approximate surface area is 183 Å². The molecule has 1 heterocycles. The number of halogens is 1. The highest BCUT2D eigenvalue weighted by molar-refractivity contribution is 9.10. The Hall–Kier alpha value is -2.40. The van der Waals surface area contributed by atoms with E-state index in [0.29, 0.717) is 6.61 Å². The summed E-state index contributed by atoms with van der Waals surface area (Å²) in [4.78, 5) is 1.17. The molecule has 1 unspecified atom stereocenters. The van der Waals surface area contributed by atoms with Gasteiger partial charge in [-0.2, -0.15) is 0 Å². The second kappa shape index (κ2) is 8.95. The molecule has 2 nitrogen and oxygen atoms in total. The van der Waals surface area contributed by atoms with Gasteiger partial charge in [-0.1, -0.05) is 70.5 Å². The number of aliphatic hydroxyl groups is 1. The zero-order valence-corrected chi connectivity index (χ0v) is 18.4. The van der Waals surface area contributed by atoms with E-state index in [9.17, 15) is 5.11 Å². The fourth-order valence-corrected chi connectivity index (χ4v) is 4.53. The monoisotopic (exact) mass is 464 g/mol. The third-order valence-electron chi connectivity index (χ3n) is 4.79. The number of ether oxygens (including phenoxy) is 1.